The number of hydrogen-bond acceptors (Lipinski definition) is 5. The molecule has 2 N–H and O–H groups in total. The molecule has 0 spiro atoms. The predicted molar refractivity (Wildman–Crippen MR) is 120 cm³/mol. The Labute approximate surface area is 180 Å². The molecular weight excluding hydrogens is 398 g/mol. The van der Waals surface area contributed by atoms with Crippen LogP contribution in [-0.4, -0.2) is 30.5 Å². The fourth-order valence-electron chi connectivity index (χ4n) is 2.95. The zero-order valence-corrected chi connectivity index (χ0v) is 18.4. The molecule has 0 saturated carbocycles. The normalized spacial score (nSPS) is 10.5. The lowest BCUT2D eigenvalue weighted by Gasteiger charge is -2.11. The van der Waals surface area contributed by atoms with Gasteiger partial charge >= 0.3 is 11.8 Å². The van der Waals surface area contributed by atoms with E-state index in [1.807, 2.05) is 19.9 Å². The van der Waals surface area contributed by atoms with Crippen molar-refractivity contribution >= 4 is 28.8 Å². The Morgan fingerprint density at radius 1 is 1.00 bits per heavy atom. The van der Waals surface area contributed by atoms with E-state index in [0.717, 1.165) is 26.7 Å². The molecule has 0 aliphatic rings. The Morgan fingerprint density at radius 3 is 2.40 bits per heavy atom. The van der Waals surface area contributed by atoms with E-state index in [0.29, 0.717) is 24.4 Å². The summed E-state index contributed by atoms with van der Waals surface area (Å²) in [5, 5.41) is 6.24. The summed E-state index contributed by atoms with van der Waals surface area (Å²) in [5.74, 6) is -0.898. The zero-order valence-electron chi connectivity index (χ0n) is 17.5. The first-order valence-corrected chi connectivity index (χ1v) is 10.5. The van der Waals surface area contributed by atoms with Crippen LogP contribution < -0.4 is 15.4 Å². The number of hydrogen-bond donors (Lipinski definition) is 2. The number of carbonyl (C=O) groups excluding carboxylic acids is 2. The highest BCUT2D eigenvalue weighted by Crippen LogP contribution is 2.28. The van der Waals surface area contributed by atoms with Crippen LogP contribution in [0.1, 0.15) is 21.7 Å². The van der Waals surface area contributed by atoms with Crippen LogP contribution >= 0.6 is 11.3 Å². The van der Waals surface area contributed by atoms with Crippen molar-refractivity contribution in [3.05, 3.63) is 64.2 Å². The first-order chi connectivity index (χ1) is 14.4. The van der Waals surface area contributed by atoms with Gasteiger partial charge in [-0.3, -0.25) is 9.59 Å². The summed E-state index contributed by atoms with van der Waals surface area (Å²) in [6.07, 6.45) is 0.613. The number of amides is 2. The monoisotopic (exact) mass is 423 g/mol. The van der Waals surface area contributed by atoms with Crippen molar-refractivity contribution in [1.82, 2.24) is 10.3 Å². The number of carbonyl (C=O) groups is 2. The molecule has 1 heterocycles. The van der Waals surface area contributed by atoms with E-state index in [2.05, 4.69) is 46.8 Å². The number of benzene rings is 2. The number of rotatable bonds is 6. The minimum Gasteiger partial charge on any atom is -0.495 e. The van der Waals surface area contributed by atoms with Crippen molar-refractivity contribution in [2.24, 2.45) is 0 Å². The third kappa shape index (κ3) is 5.24. The lowest BCUT2D eigenvalue weighted by Crippen LogP contribution is -2.36. The van der Waals surface area contributed by atoms with Gasteiger partial charge in [-0.25, -0.2) is 4.98 Å². The predicted octanol–water partition coefficient (Wildman–Crippen LogP) is 4.04. The first-order valence-electron chi connectivity index (χ1n) is 9.64. The van der Waals surface area contributed by atoms with Crippen LogP contribution in [-0.2, 0) is 16.0 Å². The van der Waals surface area contributed by atoms with Crippen LogP contribution in [0.15, 0.2) is 42.5 Å². The van der Waals surface area contributed by atoms with Crippen LogP contribution in [0.25, 0.3) is 10.6 Å². The van der Waals surface area contributed by atoms with Gasteiger partial charge in [-0.1, -0.05) is 35.9 Å². The molecule has 0 atom stereocenters. The van der Waals surface area contributed by atoms with Gasteiger partial charge in [0.15, 0.2) is 0 Å². The lowest BCUT2D eigenvalue weighted by molar-refractivity contribution is -0.136. The maximum atomic E-state index is 12.2. The van der Waals surface area contributed by atoms with E-state index >= 15 is 0 Å². The number of methoxy groups -OCH3 is 1. The van der Waals surface area contributed by atoms with E-state index < -0.39 is 11.8 Å². The fraction of sp³-hybridized carbons (Fsp3) is 0.261. The van der Waals surface area contributed by atoms with Crippen molar-refractivity contribution in [1.29, 1.82) is 0 Å². The summed E-state index contributed by atoms with van der Waals surface area (Å²) in [7, 11) is 1.52. The molecular formula is C23H25N3O3S. The molecule has 0 saturated heterocycles. The van der Waals surface area contributed by atoms with Crippen molar-refractivity contribution in [3.63, 3.8) is 0 Å². The maximum Gasteiger partial charge on any atom is 0.313 e. The van der Waals surface area contributed by atoms with Gasteiger partial charge in [0.1, 0.15) is 10.8 Å². The van der Waals surface area contributed by atoms with Gasteiger partial charge in [-0.05, 0) is 38.5 Å². The summed E-state index contributed by atoms with van der Waals surface area (Å²) in [6.45, 7) is 6.27. The Morgan fingerprint density at radius 2 is 1.70 bits per heavy atom. The van der Waals surface area contributed by atoms with Gasteiger partial charge in [-0.15, -0.1) is 11.3 Å². The average molecular weight is 424 g/mol. The number of aromatic nitrogens is 1. The van der Waals surface area contributed by atoms with Crippen LogP contribution in [0, 0.1) is 20.8 Å². The lowest BCUT2D eigenvalue weighted by atomic mass is 10.2. The van der Waals surface area contributed by atoms with Crippen molar-refractivity contribution in [2.75, 3.05) is 19.0 Å². The number of thiazole rings is 1. The second-order valence-corrected chi connectivity index (χ2v) is 8.14. The van der Waals surface area contributed by atoms with Gasteiger partial charge in [0.25, 0.3) is 0 Å². The van der Waals surface area contributed by atoms with E-state index in [4.69, 9.17) is 4.74 Å². The van der Waals surface area contributed by atoms with Crippen molar-refractivity contribution in [2.45, 2.75) is 27.2 Å². The number of nitrogens with one attached hydrogen (secondary N) is 2. The molecule has 1 aromatic heterocycles. The molecule has 7 heteroatoms. The highest BCUT2D eigenvalue weighted by atomic mass is 32.1. The van der Waals surface area contributed by atoms with Crippen LogP contribution in [0.4, 0.5) is 5.69 Å². The highest BCUT2D eigenvalue weighted by Gasteiger charge is 2.16. The van der Waals surface area contributed by atoms with Crippen LogP contribution in [0.2, 0.25) is 0 Å². The average Bonchev–Trinajstić information content (AvgIpc) is 3.09. The molecule has 2 amide bonds. The summed E-state index contributed by atoms with van der Waals surface area (Å²) in [6, 6.07) is 13.6. The van der Waals surface area contributed by atoms with Crippen molar-refractivity contribution in [3.8, 4) is 16.3 Å². The molecule has 156 valence electrons. The maximum absolute atomic E-state index is 12.2. The summed E-state index contributed by atoms with van der Waals surface area (Å²) >= 11 is 1.61. The standard InChI is InChI=1S/C23H25N3O3S/c1-14-5-8-17(9-6-14)23-25-16(3)20(30-23)11-12-24-21(27)22(28)26-18-13-15(2)7-10-19(18)29-4/h5-10,13H,11-12H2,1-4H3,(H,24,27)(H,26,28). The van der Waals surface area contributed by atoms with E-state index in [9.17, 15) is 9.59 Å². The first kappa shape index (κ1) is 21.5. The minimum atomic E-state index is -0.722. The zero-order chi connectivity index (χ0) is 21.7. The summed E-state index contributed by atoms with van der Waals surface area (Å²) in [5.41, 5.74) is 4.65. The smallest absolute Gasteiger partial charge is 0.313 e. The Kier molecular flexibility index (Phi) is 6.84. The number of anilines is 1. The minimum absolute atomic E-state index is 0.355. The van der Waals surface area contributed by atoms with Gasteiger partial charge in [0, 0.05) is 23.4 Å². The van der Waals surface area contributed by atoms with Crippen LogP contribution in [0.3, 0.4) is 0 Å². The molecule has 0 aliphatic carbocycles. The summed E-state index contributed by atoms with van der Waals surface area (Å²) in [4.78, 5) is 30.1. The molecule has 3 aromatic rings. The largest absolute Gasteiger partial charge is 0.495 e. The van der Waals surface area contributed by atoms with Crippen molar-refractivity contribution < 1.29 is 14.3 Å². The topological polar surface area (TPSA) is 80.3 Å². The Hall–Kier alpha value is -3.19. The van der Waals surface area contributed by atoms with Gasteiger partial charge in [-0.2, -0.15) is 0 Å². The quantitative estimate of drug-likeness (QED) is 0.587. The molecule has 30 heavy (non-hydrogen) atoms. The summed E-state index contributed by atoms with van der Waals surface area (Å²) < 4.78 is 5.23. The Bertz CT molecular complexity index is 1060. The SMILES string of the molecule is COc1ccc(C)cc1NC(=O)C(=O)NCCc1sc(-c2ccc(C)cc2)nc1C. The third-order valence-corrected chi connectivity index (χ3v) is 5.90. The van der Waals surface area contributed by atoms with E-state index in [-0.39, 0.29) is 0 Å². The Balaban J connectivity index is 1.56. The molecule has 6 nitrogen and oxygen atoms in total. The molecule has 0 unspecified atom stereocenters. The molecule has 0 fully saturated rings. The van der Waals surface area contributed by atoms with Gasteiger partial charge in [0.2, 0.25) is 0 Å². The van der Waals surface area contributed by atoms with Gasteiger partial charge in [0.05, 0.1) is 18.5 Å². The fourth-order valence-corrected chi connectivity index (χ4v) is 4.02. The number of nitrogens with zero attached hydrogens (tertiary/aromatic N) is 1. The molecule has 0 bridgehead atoms. The molecule has 3 rings (SSSR count). The highest BCUT2D eigenvalue weighted by molar-refractivity contribution is 7.15. The second-order valence-electron chi connectivity index (χ2n) is 7.06. The van der Waals surface area contributed by atoms with E-state index in [1.165, 1.54) is 12.7 Å². The number of aryl methyl sites for hydroxylation is 3. The third-order valence-electron chi connectivity index (χ3n) is 4.64. The molecule has 0 aliphatic heterocycles. The molecule has 0 radical (unpaired) electrons. The van der Waals surface area contributed by atoms with E-state index in [1.54, 1.807) is 23.5 Å². The second kappa shape index (κ2) is 9.54. The molecule has 2 aromatic carbocycles. The van der Waals surface area contributed by atoms with Gasteiger partial charge < -0.3 is 15.4 Å². The number of ether oxygens (including phenoxy) is 1. The van der Waals surface area contributed by atoms with Crippen LogP contribution in [0.5, 0.6) is 5.75 Å².